The molecule has 2 nitrogen and oxygen atoms in total. The summed E-state index contributed by atoms with van der Waals surface area (Å²) in [7, 11) is 0. The molecule has 0 bridgehead atoms. The summed E-state index contributed by atoms with van der Waals surface area (Å²) in [5.41, 5.74) is 7.37. The average molecular weight is 515 g/mol. The molecule has 0 atom stereocenters. The van der Waals surface area contributed by atoms with Gasteiger partial charge in [0.15, 0.2) is 0 Å². The van der Waals surface area contributed by atoms with E-state index in [1.54, 1.807) is 0 Å². The van der Waals surface area contributed by atoms with Gasteiger partial charge in [0, 0.05) is 53.1 Å². The highest BCUT2D eigenvalue weighted by atomic mass is 32.1. The molecule has 3 aromatic heterocycles. The summed E-state index contributed by atoms with van der Waals surface area (Å²) in [6.45, 7) is 0. The maximum absolute atomic E-state index is 2.40. The Bertz CT molecular complexity index is 2290. The van der Waals surface area contributed by atoms with Gasteiger partial charge in [-0.25, -0.2) is 0 Å². The van der Waals surface area contributed by atoms with Crippen LogP contribution < -0.4 is 0 Å². The number of thiophene rings is 1. The number of hydrogen-bond donors (Lipinski definition) is 0. The first kappa shape index (κ1) is 21.1. The van der Waals surface area contributed by atoms with Crippen LogP contribution in [0.15, 0.2) is 133 Å². The average Bonchev–Trinajstić information content (AvgIpc) is 3.64. The molecule has 9 rings (SSSR count). The lowest BCUT2D eigenvalue weighted by Gasteiger charge is -2.09. The largest absolute Gasteiger partial charge is 0.309 e. The lowest BCUT2D eigenvalue weighted by molar-refractivity contribution is 1.19. The predicted octanol–water partition coefficient (Wildman–Crippen LogP) is 10.2. The van der Waals surface area contributed by atoms with Crippen molar-refractivity contribution in [3.05, 3.63) is 133 Å². The first-order valence-corrected chi connectivity index (χ1v) is 14.1. The predicted molar refractivity (Wildman–Crippen MR) is 168 cm³/mol. The number of rotatable bonds is 2. The molecular formula is C36H22N2S. The monoisotopic (exact) mass is 514 g/mol. The van der Waals surface area contributed by atoms with E-state index in [1.807, 2.05) is 11.3 Å². The van der Waals surface area contributed by atoms with E-state index in [9.17, 15) is 0 Å². The Hall–Kier alpha value is -4.86. The Labute approximate surface area is 228 Å². The summed E-state index contributed by atoms with van der Waals surface area (Å²) in [6.07, 6.45) is 0. The van der Waals surface area contributed by atoms with Crippen molar-refractivity contribution in [1.82, 2.24) is 9.13 Å². The third kappa shape index (κ3) is 2.91. The smallest absolute Gasteiger partial charge is 0.0541 e. The van der Waals surface area contributed by atoms with Gasteiger partial charge in [0.25, 0.3) is 0 Å². The molecule has 0 saturated heterocycles. The van der Waals surface area contributed by atoms with Gasteiger partial charge in [-0.15, -0.1) is 11.3 Å². The Morgan fingerprint density at radius 1 is 0.333 bits per heavy atom. The minimum absolute atomic E-state index is 1.20. The second-order valence-corrected chi connectivity index (χ2v) is 11.3. The van der Waals surface area contributed by atoms with Crippen molar-refractivity contribution in [1.29, 1.82) is 0 Å². The van der Waals surface area contributed by atoms with Gasteiger partial charge in [-0.3, -0.25) is 0 Å². The molecule has 0 saturated carbocycles. The first-order valence-electron chi connectivity index (χ1n) is 13.3. The highest BCUT2D eigenvalue weighted by Crippen LogP contribution is 2.40. The SMILES string of the molecule is c1ccc2c(c1)c1ccccc1n2-c1ccc2c(c1)sc1ccc(-n3c4ccccc4c4ccccc43)cc12. The van der Waals surface area contributed by atoms with Crippen molar-refractivity contribution >= 4 is 75.1 Å². The first-order chi connectivity index (χ1) is 19.3. The summed E-state index contributed by atoms with van der Waals surface area (Å²) in [5.74, 6) is 0. The van der Waals surface area contributed by atoms with Gasteiger partial charge >= 0.3 is 0 Å². The zero-order chi connectivity index (χ0) is 25.5. The lowest BCUT2D eigenvalue weighted by Crippen LogP contribution is -1.93. The molecule has 0 unspecified atom stereocenters. The number of aromatic nitrogens is 2. The van der Waals surface area contributed by atoms with E-state index in [1.165, 1.54) is 75.2 Å². The van der Waals surface area contributed by atoms with Gasteiger partial charge in [0.2, 0.25) is 0 Å². The molecule has 182 valence electrons. The number of para-hydroxylation sites is 4. The van der Waals surface area contributed by atoms with Gasteiger partial charge in [-0.1, -0.05) is 78.9 Å². The molecule has 0 amide bonds. The molecule has 0 aliphatic rings. The molecule has 3 heterocycles. The molecule has 6 aromatic carbocycles. The van der Waals surface area contributed by atoms with Crippen LogP contribution in [-0.2, 0) is 0 Å². The Balaban J connectivity index is 1.28. The molecule has 3 heteroatoms. The van der Waals surface area contributed by atoms with E-state index in [-0.39, 0.29) is 0 Å². The van der Waals surface area contributed by atoms with Crippen LogP contribution in [0.4, 0.5) is 0 Å². The van der Waals surface area contributed by atoms with Crippen LogP contribution in [0.3, 0.4) is 0 Å². The summed E-state index contributed by atoms with van der Waals surface area (Å²) >= 11 is 1.87. The number of nitrogens with zero attached hydrogens (tertiary/aromatic N) is 2. The molecular weight excluding hydrogens is 492 g/mol. The van der Waals surface area contributed by atoms with Crippen LogP contribution in [-0.4, -0.2) is 9.13 Å². The maximum Gasteiger partial charge on any atom is 0.0541 e. The number of hydrogen-bond acceptors (Lipinski definition) is 1. The summed E-state index contributed by atoms with van der Waals surface area (Å²) in [4.78, 5) is 0. The fourth-order valence-corrected chi connectivity index (χ4v) is 7.55. The summed E-state index contributed by atoms with van der Waals surface area (Å²) in [5, 5.41) is 7.78. The second kappa shape index (κ2) is 7.83. The zero-order valence-electron chi connectivity index (χ0n) is 21.0. The van der Waals surface area contributed by atoms with Crippen molar-refractivity contribution in [2.24, 2.45) is 0 Å². The highest BCUT2D eigenvalue weighted by molar-refractivity contribution is 7.25. The molecule has 9 aromatic rings. The van der Waals surface area contributed by atoms with Crippen LogP contribution >= 0.6 is 11.3 Å². The number of fused-ring (bicyclic) bond motifs is 9. The summed E-state index contributed by atoms with van der Waals surface area (Å²) < 4.78 is 7.43. The van der Waals surface area contributed by atoms with Crippen molar-refractivity contribution < 1.29 is 0 Å². The van der Waals surface area contributed by atoms with Crippen molar-refractivity contribution in [3.63, 3.8) is 0 Å². The van der Waals surface area contributed by atoms with Crippen molar-refractivity contribution in [2.45, 2.75) is 0 Å². The lowest BCUT2D eigenvalue weighted by atomic mass is 10.1. The van der Waals surface area contributed by atoms with E-state index < -0.39 is 0 Å². The third-order valence-electron chi connectivity index (χ3n) is 8.11. The zero-order valence-corrected chi connectivity index (χ0v) is 21.8. The minimum atomic E-state index is 1.20. The van der Waals surface area contributed by atoms with E-state index in [0.717, 1.165) is 0 Å². The van der Waals surface area contributed by atoms with Crippen LogP contribution in [0.25, 0.3) is 75.2 Å². The van der Waals surface area contributed by atoms with E-state index >= 15 is 0 Å². The van der Waals surface area contributed by atoms with Crippen molar-refractivity contribution in [2.75, 3.05) is 0 Å². The van der Waals surface area contributed by atoms with Crippen LogP contribution in [0, 0.1) is 0 Å². The third-order valence-corrected chi connectivity index (χ3v) is 9.25. The molecule has 0 spiro atoms. The fourth-order valence-electron chi connectivity index (χ4n) is 6.43. The molecule has 0 aliphatic carbocycles. The fraction of sp³-hybridized carbons (Fsp3) is 0. The second-order valence-electron chi connectivity index (χ2n) is 10.2. The van der Waals surface area contributed by atoms with Gasteiger partial charge in [0.05, 0.1) is 22.1 Å². The quantitative estimate of drug-likeness (QED) is 0.217. The van der Waals surface area contributed by atoms with Crippen LogP contribution in [0.1, 0.15) is 0 Å². The minimum Gasteiger partial charge on any atom is -0.309 e. The van der Waals surface area contributed by atoms with E-state index in [0.29, 0.717) is 0 Å². The van der Waals surface area contributed by atoms with Gasteiger partial charge in [-0.2, -0.15) is 0 Å². The van der Waals surface area contributed by atoms with E-state index in [4.69, 9.17) is 0 Å². The van der Waals surface area contributed by atoms with Crippen LogP contribution in [0.2, 0.25) is 0 Å². The molecule has 39 heavy (non-hydrogen) atoms. The van der Waals surface area contributed by atoms with E-state index in [2.05, 4.69) is 143 Å². The molecule has 0 fully saturated rings. The topological polar surface area (TPSA) is 9.86 Å². The maximum atomic E-state index is 2.40. The normalized spacial score (nSPS) is 12.1. The standard InChI is InChI=1S/C36H22N2S/c1-5-13-31-25(9-1)26-10-2-6-14-32(26)37(31)23-18-20-35-30(21-23)29-19-17-24(22-36(29)39-35)38-33-15-7-3-11-27(33)28-12-4-8-16-34(28)38/h1-22H. The highest BCUT2D eigenvalue weighted by Gasteiger charge is 2.15. The Kier molecular flexibility index (Phi) is 4.24. The molecule has 0 aliphatic heterocycles. The number of benzene rings is 6. The van der Waals surface area contributed by atoms with Crippen LogP contribution in [0.5, 0.6) is 0 Å². The Morgan fingerprint density at radius 2 is 0.769 bits per heavy atom. The molecule has 0 N–H and O–H groups in total. The van der Waals surface area contributed by atoms with Gasteiger partial charge < -0.3 is 9.13 Å². The summed E-state index contributed by atoms with van der Waals surface area (Å²) in [6, 6.07) is 48.7. The van der Waals surface area contributed by atoms with Gasteiger partial charge in [0.1, 0.15) is 0 Å². The van der Waals surface area contributed by atoms with Gasteiger partial charge in [-0.05, 0) is 54.6 Å². The van der Waals surface area contributed by atoms with Crippen molar-refractivity contribution in [3.8, 4) is 11.4 Å². The molecule has 0 radical (unpaired) electrons. The Morgan fingerprint density at radius 3 is 1.28 bits per heavy atom.